The second-order valence-electron chi connectivity index (χ2n) is 5.60. The van der Waals surface area contributed by atoms with Gasteiger partial charge < -0.3 is 5.32 Å². The summed E-state index contributed by atoms with van der Waals surface area (Å²) in [5.74, 6) is 0. The number of hydrogen-bond donors (Lipinski definition) is 1. The number of hydrogen-bond acceptors (Lipinski definition) is 2. The van der Waals surface area contributed by atoms with E-state index in [1.807, 2.05) is 0 Å². The summed E-state index contributed by atoms with van der Waals surface area (Å²) < 4.78 is 0. The molecule has 0 aromatic heterocycles. The minimum absolute atomic E-state index is 0.784. The lowest BCUT2D eigenvalue weighted by Gasteiger charge is -2.16. The zero-order valence-corrected chi connectivity index (χ0v) is 11.6. The maximum Gasteiger partial charge on any atom is 0.0234 e. The molecule has 0 aliphatic heterocycles. The Kier molecular flexibility index (Phi) is 4.56. The number of likely N-dealkylation sites (N-methyl/N-ethyl adjacent to an activating group) is 1. The molecular weight excluding hydrogens is 220 g/mol. The van der Waals surface area contributed by atoms with Gasteiger partial charge in [-0.2, -0.15) is 0 Å². The molecule has 1 saturated carbocycles. The van der Waals surface area contributed by atoms with Crippen molar-refractivity contribution in [2.45, 2.75) is 38.9 Å². The normalized spacial score (nSPS) is 15.1. The van der Waals surface area contributed by atoms with Gasteiger partial charge in [0.2, 0.25) is 0 Å². The van der Waals surface area contributed by atoms with Gasteiger partial charge in [0, 0.05) is 25.7 Å². The molecule has 98 valence electrons. The Hall–Kier alpha value is -1.12. The van der Waals surface area contributed by atoms with Crippen LogP contribution in [-0.4, -0.2) is 24.5 Å². The monoisotopic (exact) mass is 244 g/mol. The fraction of sp³-hybridized carbons (Fsp3) is 0.500. The molecular formula is C16H24N2. The van der Waals surface area contributed by atoms with Gasteiger partial charge in [-0.25, -0.2) is 0 Å². The van der Waals surface area contributed by atoms with Gasteiger partial charge in [0.15, 0.2) is 0 Å². The van der Waals surface area contributed by atoms with E-state index in [4.69, 9.17) is 0 Å². The van der Waals surface area contributed by atoms with Crippen molar-refractivity contribution in [1.82, 2.24) is 10.2 Å². The van der Waals surface area contributed by atoms with Crippen molar-refractivity contribution in [3.8, 4) is 0 Å². The summed E-state index contributed by atoms with van der Waals surface area (Å²) in [5.41, 5.74) is 3.96. The molecule has 1 aromatic rings. The summed E-state index contributed by atoms with van der Waals surface area (Å²) in [6.07, 6.45) is 2.70. The van der Waals surface area contributed by atoms with Gasteiger partial charge in [0.1, 0.15) is 0 Å². The lowest BCUT2D eigenvalue weighted by atomic mass is 10.1. The number of benzene rings is 1. The second-order valence-corrected chi connectivity index (χ2v) is 5.60. The molecule has 0 heterocycles. The third-order valence-corrected chi connectivity index (χ3v) is 3.19. The Bertz CT molecular complexity index is 390. The first-order chi connectivity index (χ1) is 8.63. The van der Waals surface area contributed by atoms with Crippen LogP contribution in [0.15, 0.2) is 36.4 Å². The van der Waals surface area contributed by atoms with E-state index in [0.29, 0.717) is 0 Å². The Balaban J connectivity index is 1.80. The largest absolute Gasteiger partial charge is 0.310 e. The van der Waals surface area contributed by atoms with Crippen LogP contribution in [0.2, 0.25) is 0 Å². The average molecular weight is 244 g/mol. The van der Waals surface area contributed by atoms with Crippen LogP contribution < -0.4 is 5.32 Å². The molecule has 1 fully saturated rings. The van der Waals surface area contributed by atoms with Gasteiger partial charge in [-0.05, 0) is 37.9 Å². The topological polar surface area (TPSA) is 15.3 Å². The van der Waals surface area contributed by atoms with Crippen molar-refractivity contribution in [3.05, 3.63) is 47.5 Å². The SMILES string of the molecule is C=C(C)CN(C)Cc1ccc(CNC2CC2)cc1. The van der Waals surface area contributed by atoms with Gasteiger partial charge in [-0.1, -0.05) is 36.4 Å². The van der Waals surface area contributed by atoms with Crippen LogP contribution in [0.1, 0.15) is 30.9 Å². The van der Waals surface area contributed by atoms with Crippen molar-refractivity contribution in [3.63, 3.8) is 0 Å². The Morgan fingerprint density at radius 1 is 1.28 bits per heavy atom. The van der Waals surface area contributed by atoms with Crippen LogP contribution in [0.3, 0.4) is 0 Å². The summed E-state index contributed by atoms with van der Waals surface area (Å²) in [6.45, 7) is 8.98. The van der Waals surface area contributed by atoms with E-state index in [0.717, 1.165) is 25.7 Å². The van der Waals surface area contributed by atoms with Crippen molar-refractivity contribution in [1.29, 1.82) is 0 Å². The Labute approximate surface area is 111 Å². The summed E-state index contributed by atoms with van der Waals surface area (Å²) in [4.78, 5) is 2.29. The molecule has 1 N–H and O–H groups in total. The van der Waals surface area contributed by atoms with Crippen molar-refractivity contribution in [2.24, 2.45) is 0 Å². The van der Waals surface area contributed by atoms with Gasteiger partial charge in [0.05, 0.1) is 0 Å². The molecule has 0 saturated heterocycles. The first kappa shape index (κ1) is 13.3. The smallest absolute Gasteiger partial charge is 0.0234 e. The summed E-state index contributed by atoms with van der Waals surface area (Å²) in [5, 5.41) is 3.54. The van der Waals surface area contributed by atoms with Gasteiger partial charge in [-0.3, -0.25) is 4.90 Å². The standard InChI is InChI=1S/C16H24N2/c1-13(2)11-18(3)12-15-6-4-14(5-7-15)10-17-16-8-9-16/h4-7,16-17H,1,8-12H2,2-3H3. The minimum Gasteiger partial charge on any atom is -0.310 e. The fourth-order valence-electron chi connectivity index (χ4n) is 2.14. The quantitative estimate of drug-likeness (QED) is 0.742. The summed E-state index contributed by atoms with van der Waals surface area (Å²) in [6, 6.07) is 9.72. The predicted molar refractivity (Wildman–Crippen MR) is 77.5 cm³/mol. The zero-order chi connectivity index (χ0) is 13.0. The van der Waals surface area contributed by atoms with Crippen LogP contribution in [0.5, 0.6) is 0 Å². The molecule has 0 radical (unpaired) electrons. The zero-order valence-electron chi connectivity index (χ0n) is 11.6. The van der Waals surface area contributed by atoms with Crippen molar-refractivity contribution >= 4 is 0 Å². The van der Waals surface area contributed by atoms with Crippen molar-refractivity contribution < 1.29 is 0 Å². The molecule has 18 heavy (non-hydrogen) atoms. The molecule has 2 rings (SSSR count). The molecule has 0 unspecified atom stereocenters. The van der Waals surface area contributed by atoms with E-state index in [2.05, 4.69) is 55.0 Å². The third-order valence-electron chi connectivity index (χ3n) is 3.19. The summed E-state index contributed by atoms with van der Waals surface area (Å²) >= 11 is 0. The lowest BCUT2D eigenvalue weighted by molar-refractivity contribution is 0.355. The van der Waals surface area contributed by atoms with E-state index in [1.165, 1.54) is 29.5 Å². The molecule has 2 heteroatoms. The Morgan fingerprint density at radius 2 is 1.89 bits per heavy atom. The van der Waals surface area contributed by atoms with E-state index in [9.17, 15) is 0 Å². The fourth-order valence-corrected chi connectivity index (χ4v) is 2.14. The second kappa shape index (κ2) is 6.17. The Morgan fingerprint density at radius 3 is 2.44 bits per heavy atom. The van der Waals surface area contributed by atoms with E-state index in [1.54, 1.807) is 0 Å². The minimum atomic E-state index is 0.784. The highest BCUT2D eigenvalue weighted by Gasteiger charge is 2.19. The van der Waals surface area contributed by atoms with E-state index >= 15 is 0 Å². The molecule has 0 amide bonds. The third kappa shape index (κ3) is 4.63. The first-order valence-electron chi connectivity index (χ1n) is 6.77. The van der Waals surface area contributed by atoms with Crippen LogP contribution in [0, 0.1) is 0 Å². The number of nitrogens with one attached hydrogen (secondary N) is 1. The molecule has 1 aliphatic rings. The average Bonchev–Trinajstić information content (AvgIpc) is 3.11. The highest BCUT2D eigenvalue weighted by Crippen LogP contribution is 2.19. The molecule has 1 aliphatic carbocycles. The van der Waals surface area contributed by atoms with Crippen LogP contribution in [0.4, 0.5) is 0 Å². The molecule has 1 aromatic carbocycles. The van der Waals surface area contributed by atoms with Gasteiger partial charge in [0.25, 0.3) is 0 Å². The molecule has 0 atom stereocenters. The maximum atomic E-state index is 3.95. The molecule has 0 bridgehead atoms. The first-order valence-corrected chi connectivity index (χ1v) is 6.77. The number of nitrogens with zero attached hydrogens (tertiary/aromatic N) is 1. The van der Waals surface area contributed by atoms with Crippen molar-refractivity contribution in [2.75, 3.05) is 13.6 Å². The predicted octanol–water partition coefficient (Wildman–Crippen LogP) is 2.95. The van der Waals surface area contributed by atoms with Crippen LogP contribution >= 0.6 is 0 Å². The van der Waals surface area contributed by atoms with Gasteiger partial charge in [-0.15, -0.1) is 0 Å². The maximum absolute atomic E-state index is 3.95. The molecule has 0 spiro atoms. The van der Waals surface area contributed by atoms with E-state index < -0.39 is 0 Å². The highest BCUT2D eigenvalue weighted by molar-refractivity contribution is 5.22. The lowest BCUT2D eigenvalue weighted by Crippen LogP contribution is -2.19. The molecule has 2 nitrogen and oxygen atoms in total. The van der Waals surface area contributed by atoms with Crippen LogP contribution in [-0.2, 0) is 13.1 Å². The van der Waals surface area contributed by atoms with Crippen LogP contribution in [0.25, 0.3) is 0 Å². The summed E-state index contributed by atoms with van der Waals surface area (Å²) in [7, 11) is 2.14. The van der Waals surface area contributed by atoms with E-state index in [-0.39, 0.29) is 0 Å². The number of rotatable bonds is 7. The van der Waals surface area contributed by atoms with Gasteiger partial charge >= 0.3 is 0 Å². The highest BCUT2D eigenvalue weighted by atomic mass is 15.1.